The van der Waals surface area contributed by atoms with E-state index in [1.807, 2.05) is 30.3 Å². The van der Waals surface area contributed by atoms with Crippen LogP contribution in [0.2, 0.25) is 0 Å². The smallest absolute Gasteiger partial charge is 0.227 e. The highest BCUT2D eigenvalue weighted by Gasteiger charge is 2.30. The van der Waals surface area contributed by atoms with Gasteiger partial charge < -0.3 is 15.3 Å². The molecule has 0 spiro atoms. The first-order valence-corrected chi connectivity index (χ1v) is 7.67. The number of carbonyl (C=O) groups is 2. The van der Waals surface area contributed by atoms with Gasteiger partial charge in [0.05, 0.1) is 11.5 Å². The highest BCUT2D eigenvalue weighted by molar-refractivity contribution is 5.83. The van der Waals surface area contributed by atoms with Crippen LogP contribution in [-0.2, 0) is 16.1 Å². The molecule has 1 heterocycles. The molecule has 1 atom stereocenters. The van der Waals surface area contributed by atoms with Crippen LogP contribution in [0.4, 0.5) is 0 Å². The topological polar surface area (TPSA) is 69.6 Å². The minimum Gasteiger partial charge on any atom is -0.389 e. The van der Waals surface area contributed by atoms with E-state index in [-0.39, 0.29) is 24.3 Å². The Morgan fingerprint density at radius 1 is 1.36 bits per heavy atom. The van der Waals surface area contributed by atoms with E-state index < -0.39 is 5.60 Å². The number of rotatable bonds is 5. The first-order chi connectivity index (χ1) is 10.3. The maximum atomic E-state index is 12.8. The molecule has 22 heavy (non-hydrogen) atoms. The van der Waals surface area contributed by atoms with Gasteiger partial charge in [-0.3, -0.25) is 9.59 Å². The number of carbonyl (C=O) groups excluding carboxylic acids is 2. The fourth-order valence-electron chi connectivity index (χ4n) is 2.68. The van der Waals surface area contributed by atoms with Gasteiger partial charge in [-0.1, -0.05) is 30.3 Å². The van der Waals surface area contributed by atoms with Gasteiger partial charge in [0.15, 0.2) is 0 Å². The highest BCUT2D eigenvalue weighted by atomic mass is 16.3. The molecular formula is C17H24N2O3. The Kier molecular flexibility index (Phi) is 5.19. The Balaban J connectivity index is 2.09. The minimum absolute atomic E-state index is 0.00106. The van der Waals surface area contributed by atoms with Crippen molar-refractivity contribution in [2.45, 2.75) is 38.8 Å². The Hall–Kier alpha value is -1.88. The minimum atomic E-state index is -0.956. The summed E-state index contributed by atoms with van der Waals surface area (Å²) in [6, 6.07) is 9.73. The number of nitrogens with zero attached hydrogens (tertiary/aromatic N) is 1. The fourth-order valence-corrected chi connectivity index (χ4v) is 2.68. The molecule has 0 saturated carbocycles. The summed E-state index contributed by atoms with van der Waals surface area (Å²) >= 11 is 0. The van der Waals surface area contributed by atoms with E-state index in [9.17, 15) is 14.7 Å². The molecule has 1 fully saturated rings. The summed E-state index contributed by atoms with van der Waals surface area (Å²) in [4.78, 5) is 25.7. The zero-order valence-electron chi connectivity index (χ0n) is 13.2. The Bertz CT molecular complexity index is 512. The number of amides is 2. The molecule has 0 aromatic heterocycles. The standard InChI is InChI=1S/C17H24N2O3/c1-17(2,22)12-19(11-13-6-4-3-5-7-13)16(21)14-8-9-15(20)18-10-14/h3-7,14,22H,8-12H2,1-2H3,(H,18,20). The van der Waals surface area contributed by atoms with Crippen molar-refractivity contribution in [2.24, 2.45) is 5.92 Å². The average molecular weight is 304 g/mol. The van der Waals surface area contributed by atoms with Gasteiger partial charge in [0.25, 0.3) is 0 Å². The van der Waals surface area contributed by atoms with Crippen molar-refractivity contribution in [2.75, 3.05) is 13.1 Å². The second-order valence-corrected chi connectivity index (χ2v) is 6.53. The first-order valence-electron chi connectivity index (χ1n) is 7.67. The number of hydrogen-bond acceptors (Lipinski definition) is 3. The summed E-state index contributed by atoms with van der Waals surface area (Å²) in [5.74, 6) is -0.212. The van der Waals surface area contributed by atoms with Gasteiger partial charge in [-0.05, 0) is 25.8 Å². The lowest BCUT2D eigenvalue weighted by atomic mass is 9.96. The Morgan fingerprint density at radius 2 is 2.05 bits per heavy atom. The SMILES string of the molecule is CC(C)(O)CN(Cc1ccccc1)C(=O)C1CCC(=O)NC1. The molecule has 1 saturated heterocycles. The molecule has 1 aliphatic heterocycles. The molecule has 2 N–H and O–H groups in total. The van der Waals surface area contributed by atoms with Crippen LogP contribution in [0.5, 0.6) is 0 Å². The summed E-state index contributed by atoms with van der Waals surface area (Å²) in [6.07, 6.45) is 0.958. The van der Waals surface area contributed by atoms with E-state index in [0.717, 1.165) is 5.56 Å². The third kappa shape index (κ3) is 4.84. The lowest BCUT2D eigenvalue weighted by molar-refractivity contribution is -0.141. The molecule has 0 radical (unpaired) electrons. The molecule has 1 aromatic rings. The van der Waals surface area contributed by atoms with E-state index >= 15 is 0 Å². The molecule has 5 nitrogen and oxygen atoms in total. The van der Waals surface area contributed by atoms with Gasteiger partial charge in [-0.2, -0.15) is 0 Å². The molecule has 0 bridgehead atoms. The second-order valence-electron chi connectivity index (χ2n) is 6.53. The first kappa shape index (κ1) is 16.5. The molecule has 1 unspecified atom stereocenters. The maximum absolute atomic E-state index is 12.8. The van der Waals surface area contributed by atoms with Crippen LogP contribution in [0.1, 0.15) is 32.3 Å². The zero-order chi connectivity index (χ0) is 16.2. The van der Waals surface area contributed by atoms with Gasteiger partial charge in [-0.15, -0.1) is 0 Å². The maximum Gasteiger partial charge on any atom is 0.227 e. The van der Waals surface area contributed by atoms with E-state index in [1.165, 1.54) is 0 Å². The highest BCUT2D eigenvalue weighted by Crippen LogP contribution is 2.18. The zero-order valence-corrected chi connectivity index (χ0v) is 13.2. The Labute approximate surface area is 131 Å². The Morgan fingerprint density at radius 3 is 2.59 bits per heavy atom. The van der Waals surface area contributed by atoms with Crippen molar-refractivity contribution in [1.82, 2.24) is 10.2 Å². The van der Waals surface area contributed by atoms with Crippen LogP contribution >= 0.6 is 0 Å². The average Bonchev–Trinajstić information content (AvgIpc) is 2.46. The summed E-state index contributed by atoms with van der Waals surface area (Å²) in [6.45, 7) is 4.51. The van der Waals surface area contributed by atoms with Crippen LogP contribution in [0, 0.1) is 5.92 Å². The molecule has 2 amide bonds. The summed E-state index contributed by atoms with van der Waals surface area (Å²) in [7, 11) is 0. The molecule has 2 rings (SSSR count). The van der Waals surface area contributed by atoms with E-state index in [0.29, 0.717) is 25.9 Å². The van der Waals surface area contributed by atoms with Crippen molar-refractivity contribution in [3.05, 3.63) is 35.9 Å². The summed E-state index contributed by atoms with van der Waals surface area (Å²) in [5, 5.41) is 12.8. The number of piperidine rings is 1. The van der Waals surface area contributed by atoms with Crippen LogP contribution in [-0.4, -0.2) is 40.5 Å². The van der Waals surface area contributed by atoms with Crippen LogP contribution in [0.15, 0.2) is 30.3 Å². The van der Waals surface area contributed by atoms with Gasteiger partial charge in [-0.25, -0.2) is 0 Å². The van der Waals surface area contributed by atoms with Crippen molar-refractivity contribution in [3.8, 4) is 0 Å². The number of benzene rings is 1. The summed E-state index contributed by atoms with van der Waals surface area (Å²) in [5.41, 5.74) is 0.0717. The van der Waals surface area contributed by atoms with Crippen LogP contribution in [0.25, 0.3) is 0 Å². The van der Waals surface area contributed by atoms with E-state index in [2.05, 4.69) is 5.32 Å². The van der Waals surface area contributed by atoms with Crippen LogP contribution in [0.3, 0.4) is 0 Å². The molecule has 1 aliphatic rings. The quantitative estimate of drug-likeness (QED) is 0.862. The molecule has 0 aliphatic carbocycles. The third-order valence-corrected chi connectivity index (χ3v) is 3.72. The fraction of sp³-hybridized carbons (Fsp3) is 0.529. The lowest BCUT2D eigenvalue weighted by Gasteiger charge is -2.33. The summed E-state index contributed by atoms with van der Waals surface area (Å²) < 4.78 is 0. The van der Waals surface area contributed by atoms with Gasteiger partial charge in [0.1, 0.15) is 0 Å². The van der Waals surface area contributed by atoms with E-state index in [4.69, 9.17) is 0 Å². The molecule has 5 heteroatoms. The second kappa shape index (κ2) is 6.92. The van der Waals surface area contributed by atoms with E-state index in [1.54, 1.807) is 18.7 Å². The third-order valence-electron chi connectivity index (χ3n) is 3.72. The van der Waals surface area contributed by atoms with Gasteiger partial charge in [0, 0.05) is 26.1 Å². The van der Waals surface area contributed by atoms with Crippen molar-refractivity contribution in [3.63, 3.8) is 0 Å². The lowest BCUT2D eigenvalue weighted by Crippen LogP contribution is -2.48. The van der Waals surface area contributed by atoms with Crippen molar-refractivity contribution >= 4 is 11.8 Å². The normalized spacial score (nSPS) is 18.7. The predicted molar refractivity (Wildman–Crippen MR) is 83.9 cm³/mol. The molecule has 120 valence electrons. The monoisotopic (exact) mass is 304 g/mol. The van der Waals surface area contributed by atoms with Crippen molar-refractivity contribution < 1.29 is 14.7 Å². The number of hydrogen-bond donors (Lipinski definition) is 2. The number of aliphatic hydroxyl groups is 1. The number of nitrogens with one attached hydrogen (secondary N) is 1. The van der Waals surface area contributed by atoms with Gasteiger partial charge >= 0.3 is 0 Å². The van der Waals surface area contributed by atoms with Crippen molar-refractivity contribution in [1.29, 1.82) is 0 Å². The largest absolute Gasteiger partial charge is 0.389 e. The molecule has 1 aromatic carbocycles. The molecular weight excluding hydrogens is 280 g/mol. The van der Waals surface area contributed by atoms with Gasteiger partial charge in [0.2, 0.25) is 11.8 Å². The predicted octanol–water partition coefficient (Wildman–Crippen LogP) is 1.31. The van der Waals surface area contributed by atoms with Crippen LogP contribution < -0.4 is 5.32 Å².